The molecular weight excluding hydrogens is 222 g/mol. The second-order valence-corrected chi connectivity index (χ2v) is 4.92. The average molecular weight is 239 g/mol. The van der Waals surface area contributed by atoms with Crippen LogP contribution in [0.5, 0.6) is 0 Å². The maximum absolute atomic E-state index is 11.5. The van der Waals surface area contributed by atoms with Gasteiger partial charge < -0.3 is 16.2 Å². The summed E-state index contributed by atoms with van der Waals surface area (Å²) in [6.07, 6.45) is -0.497. The van der Waals surface area contributed by atoms with Crippen LogP contribution in [-0.4, -0.2) is 39.5 Å². The van der Waals surface area contributed by atoms with Gasteiger partial charge in [-0.25, -0.2) is 17.9 Å². The molecule has 1 amide bonds. The molecule has 90 valence electrons. The van der Waals surface area contributed by atoms with Crippen LogP contribution in [0.2, 0.25) is 0 Å². The number of hydrogen-bond acceptors (Lipinski definition) is 5. The third kappa shape index (κ3) is 5.55. The van der Waals surface area contributed by atoms with Crippen molar-refractivity contribution >= 4 is 16.1 Å². The minimum absolute atomic E-state index is 0.00176. The van der Waals surface area contributed by atoms with Crippen LogP contribution in [0.3, 0.4) is 0 Å². The highest BCUT2D eigenvalue weighted by atomic mass is 32.2. The number of nitrogens with one attached hydrogen (secondary N) is 1. The fourth-order valence-corrected chi connectivity index (χ4v) is 2.26. The molecule has 0 aromatic carbocycles. The number of rotatable bonds is 7. The van der Waals surface area contributed by atoms with Crippen molar-refractivity contribution < 1.29 is 17.9 Å². The number of sulfonamides is 1. The maximum Gasteiger partial charge on any atom is 0.404 e. The topological polar surface area (TPSA) is 125 Å². The van der Waals surface area contributed by atoms with Crippen LogP contribution in [0.15, 0.2) is 0 Å². The summed E-state index contributed by atoms with van der Waals surface area (Å²) in [6, 6.07) is 0. The minimum Gasteiger partial charge on any atom is -0.448 e. The van der Waals surface area contributed by atoms with E-state index in [0.717, 1.165) is 0 Å². The van der Waals surface area contributed by atoms with Crippen molar-refractivity contribution in [1.29, 1.82) is 0 Å². The molecule has 0 saturated heterocycles. The lowest BCUT2D eigenvalue weighted by Crippen LogP contribution is -2.40. The summed E-state index contributed by atoms with van der Waals surface area (Å²) in [6.45, 7) is 1.70. The van der Waals surface area contributed by atoms with Crippen molar-refractivity contribution in [1.82, 2.24) is 4.72 Å². The molecule has 0 heterocycles. The number of amides is 1. The van der Waals surface area contributed by atoms with Gasteiger partial charge in [0.1, 0.15) is 6.61 Å². The predicted octanol–water partition coefficient (Wildman–Crippen LogP) is -1.26. The zero-order chi connectivity index (χ0) is 11.9. The van der Waals surface area contributed by atoms with Crippen molar-refractivity contribution in [3.63, 3.8) is 0 Å². The summed E-state index contributed by atoms with van der Waals surface area (Å²) in [4.78, 5) is 10.2. The molecule has 0 fully saturated rings. The maximum atomic E-state index is 11.5. The van der Waals surface area contributed by atoms with Gasteiger partial charge in [-0.2, -0.15) is 0 Å². The van der Waals surface area contributed by atoms with Crippen molar-refractivity contribution in [2.75, 3.05) is 19.7 Å². The molecule has 7 nitrogen and oxygen atoms in total. The van der Waals surface area contributed by atoms with Gasteiger partial charge in [0.05, 0.1) is 5.25 Å². The van der Waals surface area contributed by atoms with E-state index >= 15 is 0 Å². The summed E-state index contributed by atoms with van der Waals surface area (Å²) in [5.74, 6) is 0. The normalized spacial score (nSPS) is 13.5. The molecule has 0 radical (unpaired) electrons. The van der Waals surface area contributed by atoms with Crippen LogP contribution in [0.4, 0.5) is 4.79 Å². The highest BCUT2D eigenvalue weighted by molar-refractivity contribution is 7.90. The molecule has 0 aliphatic heterocycles. The molecule has 0 aromatic heterocycles. The summed E-state index contributed by atoms with van der Waals surface area (Å²) in [5, 5.41) is -0.619. The van der Waals surface area contributed by atoms with Gasteiger partial charge in [0.15, 0.2) is 0 Å². The van der Waals surface area contributed by atoms with Crippen LogP contribution in [0.25, 0.3) is 0 Å². The smallest absolute Gasteiger partial charge is 0.404 e. The predicted molar refractivity (Wildman–Crippen MR) is 55.6 cm³/mol. The lowest BCUT2D eigenvalue weighted by Gasteiger charge is -2.14. The van der Waals surface area contributed by atoms with Crippen molar-refractivity contribution in [2.45, 2.75) is 18.6 Å². The average Bonchev–Trinajstić information content (AvgIpc) is 2.14. The number of carbonyl (C=O) groups is 1. The van der Waals surface area contributed by atoms with E-state index in [4.69, 9.17) is 11.5 Å². The van der Waals surface area contributed by atoms with E-state index in [1.54, 1.807) is 6.92 Å². The summed E-state index contributed by atoms with van der Waals surface area (Å²) < 4.78 is 29.6. The Morgan fingerprint density at radius 3 is 2.53 bits per heavy atom. The zero-order valence-corrected chi connectivity index (χ0v) is 9.42. The van der Waals surface area contributed by atoms with Crippen LogP contribution in [0, 0.1) is 0 Å². The lowest BCUT2D eigenvalue weighted by atomic mass is 10.3. The number of primary amides is 1. The fourth-order valence-electron chi connectivity index (χ4n) is 0.966. The molecule has 1 unspecified atom stereocenters. The monoisotopic (exact) mass is 239 g/mol. The Morgan fingerprint density at radius 2 is 2.13 bits per heavy atom. The summed E-state index contributed by atoms with van der Waals surface area (Å²) in [5.41, 5.74) is 9.99. The van der Waals surface area contributed by atoms with Crippen LogP contribution < -0.4 is 16.2 Å². The van der Waals surface area contributed by atoms with E-state index in [-0.39, 0.29) is 19.7 Å². The lowest BCUT2D eigenvalue weighted by molar-refractivity contribution is 0.159. The third-order valence-electron chi connectivity index (χ3n) is 1.81. The first kappa shape index (κ1) is 14.1. The minimum atomic E-state index is -3.43. The van der Waals surface area contributed by atoms with E-state index in [1.807, 2.05) is 0 Å². The first-order chi connectivity index (χ1) is 6.94. The summed E-state index contributed by atoms with van der Waals surface area (Å²) >= 11 is 0. The molecule has 8 heteroatoms. The van der Waals surface area contributed by atoms with Crippen molar-refractivity contribution in [3.05, 3.63) is 0 Å². The van der Waals surface area contributed by atoms with Crippen molar-refractivity contribution in [3.8, 4) is 0 Å². The Morgan fingerprint density at radius 1 is 1.53 bits per heavy atom. The molecule has 0 aliphatic rings. The van der Waals surface area contributed by atoms with Gasteiger partial charge in [0.25, 0.3) is 0 Å². The van der Waals surface area contributed by atoms with E-state index < -0.39 is 21.4 Å². The Balaban J connectivity index is 3.99. The molecule has 0 rings (SSSR count). The molecule has 0 aromatic rings. The van der Waals surface area contributed by atoms with Crippen LogP contribution >= 0.6 is 0 Å². The largest absolute Gasteiger partial charge is 0.448 e. The number of ether oxygens (including phenoxy) is 1. The molecule has 0 bridgehead atoms. The Bertz CT molecular complexity index is 287. The molecule has 15 heavy (non-hydrogen) atoms. The fraction of sp³-hybridized carbons (Fsp3) is 0.857. The van der Waals surface area contributed by atoms with E-state index in [0.29, 0.717) is 6.42 Å². The van der Waals surface area contributed by atoms with E-state index in [1.165, 1.54) is 0 Å². The quantitative estimate of drug-likeness (QED) is 0.478. The highest BCUT2D eigenvalue weighted by Gasteiger charge is 2.21. The van der Waals surface area contributed by atoms with Crippen LogP contribution in [0.1, 0.15) is 13.3 Å². The molecule has 0 saturated carbocycles. The molecule has 1 atom stereocenters. The highest BCUT2D eigenvalue weighted by Crippen LogP contribution is 2.01. The Kier molecular flexibility index (Phi) is 6.21. The number of hydrogen-bond donors (Lipinski definition) is 3. The van der Waals surface area contributed by atoms with Gasteiger partial charge in [0, 0.05) is 13.1 Å². The SMILES string of the molecule is CCC(CN)S(=O)(=O)NCCOC(N)=O. The first-order valence-electron chi connectivity index (χ1n) is 4.54. The van der Waals surface area contributed by atoms with Gasteiger partial charge in [-0.1, -0.05) is 6.92 Å². The van der Waals surface area contributed by atoms with E-state index in [2.05, 4.69) is 9.46 Å². The number of nitrogens with two attached hydrogens (primary N) is 2. The summed E-state index contributed by atoms with van der Waals surface area (Å²) in [7, 11) is -3.43. The molecule has 5 N–H and O–H groups in total. The standard InChI is InChI=1S/C7H17N3O4S/c1-2-6(5-8)15(12,13)10-3-4-14-7(9)11/h6,10H,2-5,8H2,1H3,(H2,9,11). The second kappa shape index (κ2) is 6.59. The Labute approximate surface area is 89.2 Å². The zero-order valence-electron chi connectivity index (χ0n) is 8.60. The first-order valence-corrected chi connectivity index (χ1v) is 6.09. The third-order valence-corrected chi connectivity index (χ3v) is 3.82. The van der Waals surface area contributed by atoms with Gasteiger partial charge in [-0.15, -0.1) is 0 Å². The molecule has 0 spiro atoms. The molecular formula is C7H17N3O4S. The number of carbonyl (C=O) groups excluding carboxylic acids is 1. The van der Waals surface area contributed by atoms with Gasteiger partial charge in [-0.05, 0) is 6.42 Å². The second-order valence-electron chi connectivity index (χ2n) is 2.87. The van der Waals surface area contributed by atoms with Crippen molar-refractivity contribution in [2.24, 2.45) is 11.5 Å². The van der Waals surface area contributed by atoms with Gasteiger partial charge in [0.2, 0.25) is 10.0 Å². The van der Waals surface area contributed by atoms with Gasteiger partial charge in [-0.3, -0.25) is 0 Å². The van der Waals surface area contributed by atoms with Crippen LogP contribution in [-0.2, 0) is 14.8 Å². The van der Waals surface area contributed by atoms with Gasteiger partial charge >= 0.3 is 6.09 Å². The molecule has 0 aliphatic carbocycles. The Hall–Kier alpha value is -0.860. The van der Waals surface area contributed by atoms with E-state index in [9.17, 15) is 13.2 Å².